The fraction of sp³-hybridized carbons (Fsp3) is 0.364. The van der Waals surface area contributed by atoms with E-state index in [2.05, 4.69) is 12.2 Å². The van der Waals surface area contributed by atoms with Crippen molar-refractivity contribution in [3.8, 4) is 11.5 Å². The van der Waals surface area contributed by atoms with E-state index in [-0.39, 0.29) is 18.2 Å². The Kier molecular flexibility index (Phi) is 5.87. The van der Waals surface area contributed by atoms with Crippen LogP contribution in [0.4, 0.5) is 11.4 Å². The lowest BCUT2D eigenvalue weighted by Crippen LogP contribution is -2.29. The summed E-state index contributed by atoms with van der Waals surface area (Å²) in [5.41, 5.74) is 3.62. The Balaban J connectivity index is 1.80. The van der Waals surface area contributed by atoms with E-state index in [1.807, 2.05) is 25.1 Å². The van der Waals surface area contributed by atoms with Crippen LogP contribution >= 0.6 is 0 Å². The summed E-state index contributed by atoms with van der Waals surface area (Å²) in [6.45, 7) is 4.43. The smallest absolute Gasteiger partial charge is 0.229 e. The third kappa shape index (κ3) is 3.81. The summed E-state index contributed by atoms with van der Waals surface area (Å²) in [4.78, 5) is 27.3. The molecule has 0 aromatic heterocycles. The van der Waals surface area contributed by atoms with Gasteiger partial charge in [0.05, 0.1) is 25.8 Å². The first-order valence-electron chi connectivity index (χ1n) is 9.40. The molecule has 6 nitrogen and oxygen atoms in total. The summed E-state index contributed by atoms with van der Waals surface area (Å²) in [6.07, 6.45) is 1.02. The molecule has 0 bridgehead atoms. The summed E-state index contributed by atoms with van der Waals surface area (Å²) in [5, 5.41) is 2.89. The van der Waals surface area contributed by atoms with Gasteiger partial charge in [0.25, 0.3) is 0 Å². The number of benzene rings is 2. The number of ether oxygens (including phenoxy) is 2. The molecule has 0 saturated carbocycles. The van der Waals surface area contributed by atoms with Crippen molar-refractivity contribution in [3.63, 3.8) is 0 Å². The molecule has 1 aliphatic heterocycles. The highest BCUT2D eigenvalue weighted by Crippen LogP contribution is 2.33. The van der Waals surface area contributed by atoms with Crippen molar-refractivity contribution in [3.05, 3.63) is 47.5 Å². The van der Waals surface area contributed by atoms with Crippen LogP contribution < -0.4 is 19.7 Å². The Labute approximate surface area is 165 Å². The van der Waals surface area contributed by atoms with Gasteiger partial charge in [-0.2, -0.15) is 0 Å². The van der Waals surface area contributed by atoms with Crippen molar-refractivity contribution in [2.45, 2.75) is 26.7 Å². The Bertz CT molecular complexity index is 894. The Morgan fingerprint density at radius 1 is 1.21 bits per heavy atom. The van der Waals surface area contributed by atoms with Crippen molar-refractivity contribution in [1.29, 1.82) is 0 Å². The first-order chi connectivity index (χ1) is 13.5. The number of hydrogen-bond donors (Lipinski definition) is 1. The van der Waals surface area contributed by atoms with Gasteiger partial charge in [0.1, 0.15) is 11.5 Å². The zero-order valence-electron chi connectivity index (χ0n) is 16.7. The van der Waals surface area contributed by atoms with Gasteiger partial charge in [0, 0.05) is 24.7 Å². The zero-order chi connectivity index (χ0) is 20.3. The molecule has 3 rings (SSSR count). The van der Waals surface area contributed by atoms with E-state index in [0.29, 0.717) is 23.7 Å². The third-order valence-corrected chi connectivity index (χ3v) is 5.13. The summed E-state index contributed by atoms with van der Waals surface area (Å²) in [5.74, 6) is 0.513. The second-order valence-corrected chi connectivity index (χ2v) is 6.90. The van der Waals surface area contributed by atoms with Gasteiger partial charge in [0.2, 0.25) is 11.8 Å². The summed E-state index contributed by atoms with van der Waals surface area (Å²) < 4.78 is 10.5. The molecule has 1 fully saturated rings. The number of carbonyl (C=O) groups is 2. The fourth-order valence-corrected chi connectivity index (χ4v) is 3.64. The molecule has 2 aromatic rings. The molecule has 1 aliphatic rings. The van der Waals surface area contributed by atoms with Crippen LogP contribution in [0.1, 0.15) is 24.5 Å². The van der Waals surface area contributed by atoms with Crippen LogP contribution in [-0.2, 0) is 16.0 Å². The topological polar surface area (TPSA) is 67.9 Å². The van der Waals surface area contributed by atoms with Crippen LogP contribution in [-0.4, -0.2) is 32.6 Å². The van der Waals surface area contributed by atoms with Gasteiger partial charge in [-0.1, -0.05) is 25.1 Å². The minimum absolute atomic E-state index is 0.0262. The van der Waals surface area contributed by atoms with E-state index >= 15 is 0 Å². The maximum Gasteiger partial charge on any atom is 0.229 e. The predicted octanol–water partition coefficient (Wildman–Crippen LogP) is 3.57. The highest BCUT2D eigenvalue weighted by Gasteiger charge is 2.36. The van der Waals surface area contributed by atoms with E-state index in [0.717, 1.165) is 23.2 Å². The average molecular weight is 382 g/mol. The molecule has 1 atom stereocenters. The van der Waals surface area contributed by atoms with Crippen molar-refractivity contribution in [2.24, 2.45) is 5.92 Å². The lowest BCUT2D eigenvalue weighted by atomic mass is 10.0. The molecule has 0 spiro atoms. The largest absolute Gasteiger partial charge is 0.497 e. The lowest BCUT2D eigenvalue weighted by Gasteiger charge is -2.22. The zero-order valence-corrected chi connectivity index (χ0v) is 16.7. The SMILES string of the molecule is CCc1cccc(C)c1N1CC(C(=O)Nc2cc(OC)ccc2OC)CC1=O. The monoisotopic (exact) mass is 382 g/mol. The average Bonchev–Trinajstić information content (AvgIpc) is 3.09. The number of amides is 2. The minimum atomic E-state index is -0.423. The number of rotatable bonds is 6. The minimum Gasteiger partial charge on any atom is -0.497 e. The number of aryl methyl sites for hydroxylation is 2. The molecule has 1 N–H and O–H groups in total. The fourth-order valence-electron chi connectivity index (χ4n) is 3.64. The maximum atomic E-state index is 12.9. The van der Waals surface area contributed by atoms with Gasteiger partial charge in [-0.3, -0.25) is 9.59 Å². The predicted molar refractivity (Wildman–Crippen MR) is 109 cm³/mol. The van der Waals surface area contributed by atoms with Crippen molar-refractivity contribution in [1.82, 2.24) is 0 Å². The van der Waals surface area contributed by atoms with Crippen LogP contribution in [0.25, 0.3) is 0 Å². The van der Waals surface area contributed by atoms with Gasteiger partial charge < -0.3 is 19.7 Å². The van der Waals surface area contributed by atoms with Crippen LogP contribution in [0, 0.1) is 12.8 Å². The van der Waals surface area contributed by atoms with E-state index in [1.165, 1.54) is 0 Å². The molecule has 0 radical (unpaired) electrons. The molecule has 0 aliphatic carbocycles. The molecule has 1 heterocycles. The second kappa shape index (κ2) is 8.33. The number of para-hydroxylation sites is 1. The number of anilines is 2. The highest BCUT2D eigenvalue weighted by atomic mass is 16.5. The summed E-state index contributed by atoms with van der Waals surface area (Å²) in [7, 11) is 3.11. The quantitative estimate of drug-likeness (QED) is 0.829. The third-order valence-electron chi connectivity index (χ3n) is 5.13. The normalized spacial score (nSPS) is 16.2. The van der Waals surface area contributed by atoms with Crippen LogP contribution in [0.2, 0.25) is 0 Å². The molecule has 148 valence electrons. The molecular formula is C22H26N2O4. The summed E-state index contributed by atoms with van der Waals surface area (Å²) >= 11 is 0. The van der Waals surface area contributed by atoms with E-state index in [4.69, 9.17) is 9.47 Å². The van der Waals surface area contributed by atoms with Crippen molar-refractivity contribution in [2.75, 3.05) is 31.0 Å². The lowest BCUT2D eigenvalue weighted by molar-refractivity contribution is -0.122. The van der Waals surface area contributed by atoms with Gasteiger partial charge >= 0.3 is 0 Å². The number of nitrogens with one attached hydrogen (secondary N) is 1. The maximum absolute atomic E-state index is 12.9. The van der Waals surface area contributed by atoms with Crippen LogP contribution in [0.15, 0.2) is 36.4 Å². The standard InChI is InChI=1S/C22H26N2O4/c1-5-15-8-6-7-14(2)21(15)24-13-16(11-20(24)25)22(26)23-18-12-17(27-3)9-10-19(18)28-4/h6-10,12,16H,5,11,13H2,1-4H3,(H,23,26). The van der Waals surface area contributed by atoms with E-state index < -0.39 is 5.92 Å². The van der Waals surface area contributed by atoms with Gasteiger partial charge in [-0.25, -0.2) is 0 Å². The van der Waals surface area contributed by atoms with Crippen molar-refractivity contribution >= 4 is 23.2 Å². The molecule has 2 aromatic carbocycles. The van der Waals surface area contributed by atoms with Crippen molar-refractivity contribution < 1.29 is 19.1 Å². The van der Waals surface area contributed by atoms with E-state index in [9.17, 15) is 9.59 Å². The Hall–Kier alpha value is -3.02. The Morgan fingerprint density at radius 2 is 2.00 bits per heavy atom. The molecule has 28 heavy (non-hydrogen) atoms. The first kappa shape index (κ1) is 19.7. The number of carbonyl (C=O) groups excluding carboxylic acids is 2. The van der Waals surface area contributed by atoms with Gasteiger partial charge in [-0.15, -0.1) is 0 Å². The molecular weight excluding hydrogens is 356 g/mol. The number of nitrogens with zero attached hydrogens (tertiary/aromatic N) is 1. The van der Waals surface area contributed by atoms with E-state index in [1.54, 1.807) is 37.3 Å². The van der Waals surface area contributed by atoms with Crippen LogP contribution in [0.3, 0.4) is 0 Å². The van der Waals surface area contributed by atoms with Gasteiger partial charge in [0.15, 0.2) is 0 Å². The summed E-state index contributed by atoms with van der Waals surface area (Å²) in [6, 6.07) is 11.2. The second-order valence-electron chi connectivity index (χ2n) is 6.90. The van der Waals surface area contributed by atoms with Crippen LogP contribution in [0.5, 0.6) is 11.5 Å². The van der Waals surface area contributed by atoms with Gasteiger partial charge in [-0.05, 0) is 36.6 Å². The highest BCUT2D eigenvalue weighted by molar-refractivity contribution is 6.04. The molecule has 2 amide bonds. The number of hydrogen-bond acceptors (Lipinski definition) is 4. The first-order valence-corrected chi connectivity index (χ1v) is 9.40. The molecule has 1 saturated heterocycles. The Morgan fingerprint density at radius 3 is 2.68 bits per heavy atom. The number of methoxy groups -OCH3 is 2. The molecule has 6 heteroatoms. The molecule has 1 unspecified atom stereocenters.